The van der Waals surface area contributed by atoms with Gasteiger partial charge >= 0.3 is 18.2 Å². The van der Waals surface area contributed by atoms with Gasteiger partial charge in [0.2, 0.25) is 0 Å². The average molecular weight is 554 g/mol. The van der Waals surface area contributed by atoms with Crippen LogP contribution >= 0.6 is 0 Å². The number of aromatic nitrogens is 2. The Balaban J connectivity index is 0.000000448. The molecule has 0 saturated carbocycles. The Hall–Kier alpha value is -3.48. The first-order valence-electron chi connectivity index (χ1n) is 12.7. The Morgan fingerprint density at radius 3 is 2.38 bits per heavy atom. The molecule has 2 N–H and O–H groups in total. The highest BCUT2D eigenvalue weighted by atomic mass is 19.4. The van der Waals surface area contributed by atoms with Gasteiger partial charge in [-0.3, -0.25) is 14.3 Å². The third-order valence-electron chi connectivity index (χ3n) is 7.30. The van der Waals surface area contributed by atoms with Crippen molar-refractivity contribution in [2.24, 2.45) is 0 Å². The minimum absolute atomic E-state index is 0.0351. The number of carbonyl (C=O) groups is 2. The molecule has 3 aliphatic rings. The summed E-state index contributed by atoms with van der Waals surface area (Å²) in [5.74, 6) is -2.13. The molecule has 2 aromatic rings. The zero-order valence-corrected chi connectivity index (χ0v) is 21.7. The molecule has 1 saturated heterocycles. The second-order valence-corrected chi connectivity index (χ2v) is 10.5. The van der Waals surface area contributed by atoms with Crippen molar-refractivity contribution < 1.29 is 32.3 Å². The first kappa shape index (κ1) is 28.5. The standard InChI is InChI=1S/C24H30FN5O2.C2HF3O2/c1-16(2)26-23(32)29-11-8-24(15-29)9-12-30-21(31)19-14-28(10-7-20(19)27-22(24)30)13-17-3-5-18(25)6-4-17;3-2(4,5)1(6)7/h3-6,16H,7-15H2,1-2H3,(H,26,32);(H,6,7). The zero-order chi connectivity index (χ0) is 28.5. The summed E-state index contributed by atoms with van der Waals surface area (Å²) in [5.41, 5.74) is 2.58. The number of alkyl halides is 3. The fourth-order valence-electron chi connectivity index (χ4n) is 5.37. The van der Waals surface area contributed by atoms with Crippen molar-refractivity contribution in [3.8, 4) is 0 Å². The second-order valence-electron chi connectivity index (χ2n) is 10.5. The van der Waals surface area contributed by atoms with Gasteiger partial charge in [0.1, 0.15) is 11.6 Å². The van der Waals surface area contributed by atoms with E-state index in [1.54, 1.807) is 12.1 Å². The maximum atomic E-state index is 13.4. The summed E-state index contributed by atoms with van der Waals surface area (Å²) < 4.78 is 46.8. The van der Waals surface area contributed by atoms with Gasteiger partial charge in [-0.15, -0.1) is 0 Å². The number of amides is 2. The fraction of sp³-hybridized carbons (Fsp3) is 0.538. The first-order valence-corrected chi connectivity index (χ1v) is 12.7. The highest BCUT2D eigenvalue weighted by Gasteiger charge is 2.48. The van der Waals surface area contributed by atoms with E-state index in [-0.39, 0.29) is 28.9 Å². The lowest BCUT2D eigenvalue weighted by molar-refractivity contribution is -0.192. The molecule has 9 nitrogen and oxygen atoms in total. The number of fused-ring (bicyclic) bond motifs is 3. The van der Waals surface area contributed by atoms with Crippen LogP contribution in [0.15, 0.2) is 29.1 Å². The Morgan fingerprint density at radius 2 is 1.77 bits per heavy atom. The first-order chi connectivity index (χ1) is 18.3. The third kappa shape index (κ3) is 6.23. The summed E-state index contributed by atoms with van der Waals surface area (Å²) in [6, 6.07) is 6.60. The van der Waals surface area contributed by atoms with Crippen LogP contribution in [0, 0.1) is 5.82 Å². The lowest BCUT2D eigenvalue weighted by Gasteiger charge is -2.30. The van der Waals surface area contributed by atoms with Crippen molar-refractivity contribution in [1.29, 1.82) is 0 Å². The quantitative estimate of drug-likeness (QED) is 0.566. The summed E-state index contributed by atoms with van der Waals surface area (Å²) in [6.07, 6.45) is -2.66. The number of urea groups is 1. The van der Waals surface area contributed by atoms with E-state index >= 15 is 0 Å². The molecule has 0 radical (unpaired) electrons. The normalized spacial score (nSPS) is 20.4. The predicted molar refractivity (Wildman–Crippen MR) is 133 cm³/mol. The molecule has 3 aliphatic heterocycles. The smallest absolute Gasteiger partial charge is 0.475 e. The van der Waals surface area contributed by atoms with Crippen LogP contribution in [0.25, 0.3) is 0 Å². The van der Waals surface area contributed by atoms with Gasteiger partial charge in [0.25, 0.3) is 5.56 Å². The van der Waals surface area contributed by atoms with E-state index in [1.807, 2.05) is 23.3 Å². The Morgan fingerprint density at radius 1 is 1.13 bits per heavy atom. The lowest BCUT2D eigenvalue weighted by Crippen LogP contribution is -2.43. The number of carboxylic acid groups (broad SMARTS) is 1. The van der Waals surface area contributed by atoms with E-state index in [2.05, 4.69) is 10.2 Å². The number of hydrogen-bond acceptors (Lipinski definition) is 5. The number of halogens is 4. The molecule has 1 spiro atoms. The maximum absolute atomic E-state index is 13.4. The van der Waals surface area contributed by atoms with Crippen LogP contribution in [0.3, 0.4) is 0 Å². The molecule has 13 heteroatoms. The molecule has 212 valence electrons. The molecule has 1 aromatic heterocycles. The minimum atomic E-state index is -5.08. The van der Waals surface area contributed by atoms with Gasteiger partial charge in [-0.2, -0.15) is 13.2 Å². The van der Waals surface area contributed by atoms with E-state index in [4.69, 9.17) is 14.9 Å². The van der Waals surface area contributed by atoms with Gasteiger partial charge in [0.15, 0.2) is 0 Å². The Bertz CT molecular complexity index is 1290. The SMILES string of the molecule is CC(C)NC(=O)N1CCC2(CCn3c2nc2c(c3=O)CN(Cc3ccc(F)cc3)CC2)C1.O=C(O)C(F)(F)F. The summed E-state index contributed by atoms with van der Waals surface area (Å²) in [7, 11) is 0. The summed E-state index contributed by atoms with van der Waals surface area (Å²) in [5, 5.41) is 10.1. The van der Waals surface area contributed by atoms with Crippen molar-refractivity contribution in [3.05, 3.63) is 63.1 Å². The van der Waals surface area contributed by atoms with E-state index in [0.717, 1.165) is 48.5 Å². The second kappa shape index (κ2) is 10.9. The predicted octanol–water partition coefficient (Wildman–Crippen LogP) is 3.04. The van der Waals surface area contributed by atoms with Crippen molar-refractivity contribution in [2.75, 3.05) is 19.6 Å². The van der Waals surface area contributed by atoms with E-state index in [0.29, 0.717) is 32.7 Å². The van der Waals surface area contributed by atoms with Gasteiger partial charge in [-0.1, -0.05) is 12.1 Å². The van der Waals surface area contributed by atoms with E-state index in [1.165, 1.54) is 12.1 Å². The molecule has 1 aromatic carbocycles. The van der Waals surface area contributed by atoms with Crippen LogP contribution in [0.1, 0.15) is 49.3 Å². The Kier molecular flexibility index (Phi) is 8.01. The van der Waals surface area contributed by atoms with Crippen LogP contribution in [0.5, 0.6) is 0 Å². The number of rotatable bonds is 3. The monoisotopic (exact) mass is 553 g/mol. The number of hydrogen-bond donors (Lipinski definition) is 2. The van der Waals surface area contributed by atoms with Crippen molar-refractivity contribution in [1.82, 2.24) is 24.7 Å². The highest BCUT2D eigenvalue weighted by molar-refractivity contribution is 5.75. The van der Waals surface area contributed by atoms with Crippen LogP contribution in [0.2, 0.25) is 0 Å². The summed E-state index contributed by atoms with van der Waals surface area (Å²) in [6.45, 7) is 7.95. The summed E-state index contributed by atoms with van der Waals surface area (Å²) in [4.78, 5) is 43.9. The maximum Gasteiger partial charge on any atom is 0.490 e. The number of aliphatic carboxylic acids is 1. The molecular weight excluding hydrogens is 522 g/mol. The van der Waals surface area contributed by atoms with E-state index in [9.17, 15) is 27.2 Å². The van der Waals surface area contributed by atoms with Crippen LogP contribution in [-0.2, 0) is 36.3 Å². The lowest BCUT2D eigenvalue weighted by atomic mass is 9.85. The highest BCUT2D eigenvalue weighted by Crippen LogP contribution is 2.41. The van der Waals surface area contributed by atoms with Gasteiger partial charge in [0.05, 0.1) is 11.3 Å². The average Bonchev–Trinajstić information content (AvgIpc) is 3.45. The number of benzene rings is 1. The minimum Gasteiger partial charge on any atom is -0.475 e. The molecule has 1 atom stereocenters. The fourth-order valence-corrected chi connectivity index (χ4v) is 5.37. The molecule has 0 aliphatic carbocycles. The van der Waals surface area contributed by atoms with Crippen LogP contribution < -0.4 is 10.9 Å². The zero-order valence-electron chi connectivity index (χ0n) is 21.7. The third-order valence-corrected chi connectivity index (χ3v) is 7.30. The van der Waals surface area contributed by atoms with Crippen molar-refractivity contribution in [2.45, 2.75) is 70.4 Å². The number of carbonyl (C=O) groups excluding carboxylic acids is 1. The van der Waals surface area contributed by atoms with Crippen LogP contribution in [-0.4, -0.2) is 68.3 Å². The topological polar surface area (TPSA) is 108 Å². The van der Waals surface area contributed by atoms with Crippen LogP contribution in [0.4, 0.5) is 22.4 Å². The molecule has 5 rings (SSSR count). The number of nitrogens with zero attached hydrogens (tertiary/aromatic N) is 4. The van der Waals surface area contributed by atoms with Crippen molar-refractivity contribution in [3.63, 3.8) is 0 Å². The number of nitrogens with one attached hydrogen (secondary N) is 1. The summed E-state index contributed by atoms with van der Waals surface area (Å²) >= 11 is 0. The molecule has 2 amide bonds. The molecule has 1 fully saturated rings. The molecule has 39 heavy (non-hydrogen) atoms. The van der Waals surface area contributed by atoms with E-state index < -0.39 is 12.1 Å². The largest absolute Gasteiger partial charge is 0.490 e. The van der Waals surface area contributed by atoms with Gasteiger partial charge in [-0.05, 0) is 44.4 Å². The molecule has 0 bridgehead atoms. The number of carboxylic acids is 1. The van der Waals surface area contributed by atoms with Gasteiger partial charge < -0.3 is 15.3 Å². The van der Waals surface area contributed by atoms with Gasteiger partial charge in [-0.25, -0.2) is 19.0 Å². The molecule has 1 unspecified atom stereocenters. The number of likely N-dealkylation sites (tertiary alicyclic amines) is 1. The van der Waals surface area contributed by atoms with Crippen molar-refractivity contribution >= 4 is 12.0 Å². The molecule has 4 heterocycles. The molecular formula is C26H31F4N5O4. The Labute approximate surface area is 222 Å². The van der Waals surface area contributed by atoms with Gasteiger partial charge in [0, 0.05) is 57.1 Å².